The molecular formula is C21H28N4OS. The summed E-state index contributed by atoms with van der Waals surface area (Å²) >= 11 is 1.35. The lowest BCUT2D eigenvalue weighted by molar-refractivity contribution is -0.117. The lowest BCUT2D eigenvalue weighted by Gasteiger charge is -2.25. The van der Waals surface area contributed by atoms with Crippen molar-refractivity contribution in [2.75, 3.05) is 6.54 Å². The summed E-state index contributed by atoms with van der Waals surface area (Å²) in [6.07, 6.45) is 9.21. The Morgan fingerprint density at radius 3 is 2.78 bits per heavy atom. The maximum absolute atomic E-state index is 11.8. The van der Waals surface area contributed by atoms with E-state index in [0.29, 0.717) is 12.1 Å². The first-order valence-corrected chi connectivity index (χ1v) is 9.86. The number of allylic oxidation sites excluding steroid dienone is 4. The molecule has 3 N–H and O–H groups in total. The van der Waals surface area contributed by atoms with E-state index in [0.717, 1.165) is 21.9 Å². The normalized spacial score (nSPS) is 20.3. The highest BCUT2D eigenvalue weighted by Gasteiger charge is 2.32. The molecule has 0 aromatic heterocycles. The second kappa shape index (κ2) is 11.1. The number of nitriles is 1. The van der Waals surface area contributed by atoms with E-state index in [2.05, 4.69) is 47.6 Å². The zero-order chi connectivity index (χ0) is 20.4. The standard InChI is InChI=1S/C19H22N4OS.C2H6/c1-5-15(9-13(4)19(24)21-6-2)25-23-16-8-7-12(3)17-14(10-20)11-22-18(16)17;1-2/h5,7-9,11-12,17,22-23H,1,4,6H2,2-3H3,(H,21,24);1-2H3/b15-9+;. The van der Waals surface area contributed by atoms with Crippen LogP contribution in [0.15, 0.2) is 71.1 Å². The van der Waals surface area contributed by atoms with Gasteiger partial charge in [0.2, 0.25) is 0 Å². The van der Waals surface area contributed by atoms with Gasteiger partial charge in [-0.05, 0) is 36.9 Å². The van der Waals surface area contributed by atoms with E-state index in [1.807, 2.05) is 26.8 Å². The van der Waals surface area contributed by atoms with E-state index < -0.39 is 0 Å². The minimum atomic E-state index is -0.198. The van der Waals surface area contributed by atoms with Crippen molar-refractivity contribution in [2.24, 2.45) is 11.8 Å². The fourth-order valence-corrected chi connectivity index (χ4v) is 3.37. The molecule has 1 amide bonds. The van der Waals surface area contributed by atoms with Gasteiger partial charge in [-0.2, -0.15) is 5.26 Å². The van der Waals surface area contributed by atoms with Gasteiger partial charge in [-0.1, -0.05) is 46.1 Å². The van der Waals surface area contributed by atoms with Crippen molar-refractivity contribution in [2.45, 2.75) is 27.7 Å². The molecule has 27 heavy (non-hydrogen) atoms. The van der Waals surface area contributed by atoms with E-state index in [-0.39, 0.29) is 17.7 Å². The van der Waals surface area contributed by atoms with Gasteiger partial charge in [-0.15, -0.1) is 0 Å². The van der Waals surface area contributed by atoms with Gasteiger partial charge in [0.1, 0.15) is 0 Å². The van der Waals surface area contributed by atoms with Gasteiger partial charge in [0.05, 0.1) is 17.3 Å². The van der Waals surface area contributed by atoms with Crippen LogP contribution in [-0.2, 0) is 4.79 Å². The van der Waals surface area contributed by atoms with Crippen LogP contribution in [-0.4, -0.2) is 12.5 Å². The molecular weight excluding hydrogens is 356 g/mol. The van der Waals surface area contributed by atoms with Crippen molar-refractivity contribution in [3.05, 3.63) is 71.1 Å². The average molecular weight is 385 g/mol. The van der Waals surface area contributed by atoms with Gasteiger partial charge in [0.25, 0.3) is 5.91 Å². The molecule has 2 atom stereocenters. The molecule has 2 rings (SSSR count). The van der Waals surface area contributed by atoms with E-state index in [1.165, 1.54) is 11.9 Å². The highest BCUT2D eigenvalue weighted by Crippen LogP contribution is 2.37. The molecule has 1 aliphatic heterocycles. The van der Waals surface area contributed by atoms with Gasteiger partial charge in [0, 0.05) is 34.8 Å². The third kappa shape index (κ3) is 5.66. The minimum Gasteiger partial charge on any atom is -0.362 e. The minimum absolute atomic E-state index is 0.0551. The molecule has 144 valence electrons. The third-order valence-electron chi connectivity index (χ3n) is 3.97. The Labute approximate surface area is 166 Å². The van der Waals surface area contributed by atoms with E-state index in [9.17, 15) is 10.1 Å². The van der Waals surface area contributed by atoms with Crippen LogP contribution in [0, 0.1) is 23.2 Å². The van der Waals surface area contributed by atoms with Crippen LogP contribution in [0.4, 0.5) is 0 Å². The lowest BCUT2D eigenvalue weighted by atomic mass is 9.83. The maximum Gasteiger partial charge on any atom is 0.250 e. The number of amides is 1. The first-order valence-electron chi connectivity index (χ1n) is 9.05. The number of hydrogen-bond acceptors (Lipinski definition) is 5. The summed E-state index contributed by atoms with van der Waals surface area (Å²) in [7, 11) is 0. The van der Waals surface area contributed by atoms with Crippen LogP contribution < -0.4 is 15.4 Å². The van der Waals surface area contributed by atoms with Gasteiger partial charge >= 0.3 is 0 Å². The summed E-state index contributed by atoms with van der Waals surface area (Å²) < 4.78 is 3.28. The van der Waals surface area contributed by atoms with Crippen molar-refractivity contribution in [1.82, 2.24) is 15.4 Å². The summed E-state index contributed by atoms with van der Waals surface area (Å²) in [6.45, 7) is 16.1. The molecule has 0 aromatic carbocycles. The number of hydrogen-bond donors (Lipinski definition) is 3. The van der Waals surface area contributed by atoms with Crippen molar-refractivity contribution >= 4 is 17.9 Å². The van der Waals surface area contributed by atoms with Crippen molar-refractivity contribution in [3.63, 3.8) is 0 Å². The van der Waals surface area contributed by atoms with Gasteiger partial charge < -0.3 is 15.4 Å². The van der Waals surface area contributed by atoms with E-state index in [1.54, 1.807) is 18.4 Å². The molecule has 0 saturated heterocycles. The topological polar surface area (TPSA) is 77.0 Å². The largest absolute Gasteiger partial charge is 0.362 e. The third-order valence-corrected chi connectivity index (χ3v) is 4.81. The molecule has 1 aliphatic carbocycles. The highest BCUT2D eigenvalue weighted by atomic mass is 32.2. The molecule has 1 heterocycles. The Morgan fingerprint density at radius 1 is 1.48 bits per heavy atom. The first kappa shape index (κ1) is 22.4. The zero-order valence-corrected chi connectivity index (χ0v) is 17.2. The van der Waals surface area contributed by atoms with Crippen LogP contribution in [0.5, 0.6) is 0 Å². The van der Waals surface area contributed by atoms with Crippen LogP contribution in [0.25, 0.3) is 0 Å². The fraction of sp³-hybridized carbons (Fsp3) is 0.333. The van der Waals surface area contributed by atoms with Crippen LogP contribution in [0.2, 0.25) is 0 Å². The van der Waals surface area contributed by atoms with E-state index >= 15 is 0 Å². The van der Waals surface area contributed by atoms with Gasteiger partial charge in [0.15, 0.2) is 0 Å². The monoisotopic (exact) mass is 384 g/mol. The fourth-order valence-electron chi connectivity index (χ4n) is 2.68. The smallest absolute Gasteiger partial charge is 0.250 e. The van der Waals surface area contributed by atoms with Crippen molar-refractivity contribution in [3.8, 4) is 6.07 Å². The molecule has 0 bridgehead atoms. The zero-order valence-electron chi connectivity index (χ0n) is 16.4. The summed E-state index contributed by atoms with van der Waals surface area (Å²) in [5, 5.41) is 15.2. The van der Waals surface area contributed by atoms with Crippen LogP contribution >= 0.6 is 11.9 Å². The molecule has 5 nitrogen and oxygen atoms in total. The number of rotatable bonds is 7. The number of carbonyl (C=O) groups excluding carboxylic acids is 1. The number of nitrogens with one attached hydrogen (secondary N) is 3. The number of likely N-dealkylation sites (N-methyl/N-ethyl adjacent to an activating group) is 1. The predicted octanol–water partition coefficient (Wildman–Crippen LogP) is 4.06. The summed E-state index contributed by atoms with van der Waals surface area (Å²) in [5.74, 6) is 0.120. The second-order valence-electron chi connectivity index (χ2n) is 5.72. The van der Waals surface area contributed by atoms with Crippen molar-refractivity contribution in [1.29, 1.82) is 5.26 Å². The summed E-state index contributed by atoms with van der Waals surface area (Å²) in [4.78, 5) is 12.5. The average Bonchev–Trinajstić information content (AvgIpc) is 3.13. The van der Waals surface area contributed by atoms with Gasteiger partial charge in [-0.25, -0.2) is 0 Å². The molecule has 2 aliphatic rings. The Kier molecular flexibility index (Phi) is 9.24. The number of nitrogens with zero attached hydrogens (tertiary/aromatic N) is 1. The van der Waals surface area contributed by atoms with Crippen molar-refractivity contribution < 1.29 is 4.79 Å². The predicted molar refractivity (Wildman–Crippen MR) is 114 cm³/mol. The van der Waals surface area contributed by atoms with Crippen LogP contribution in [0.1, 0.15) is 27.7 Å². The molecule has 0 radical (unpaired) electrons. The van der Waals surface area contributed by atoms with Crippen LogP contribution in [0.3, 0.4) is 0 Å². The maximum atomic E-state index is 11.8. The highest BCUT2D eigenvalue weighted by molar-refractivity contribution is 8.01. The Balaban J connectivity index is 0.00000176. The van der Waals surface area contributed by atoms with Gasteiger partial charge in [-0.3, -0.25) is 4.79 Å². The van der Waals surface area contributed by atoms with E-state index in [4.69, 9.17) is 0 Å². The lowest BCUT2D eigenvalue weighted by Crippen LogP contribution is -2.24. The molecule has 0 fully saturated rings. The Morgan fingerprint density at radius 2 is 2.19 bits per heavy atom. The SMILES string of the molecule is C=C/C(=C\C(=C)C(=O)NCC)SNC1=C2NC=C(C#N)C2C(C)C=C1.CC. The molecule has 0 saturated carbocycles. The Bertz CT molecular complexity index is 753. The summed E-state index contributed by atoms with van der Waals surface area (Å²) in [5.41, 5.74) is 3.01. The number of fused-ring (bicyclic) bond motifs is 1. The Hall–Kier alpha value is -2.65. The number of carbonyl (C=O) groups is 1. The molecule has 2 unspecified atom stereocenters. The molecule has 6 heteroatoms. The second-order valence-corrected chi connectivity index (χ2v) is 6.60. The quantitative estimate of drug-likeness (QED) is 0.351. The first-order chi connectivity index (χ1) is 13.0. The molecule has 0 spiro atoms. The summed E-state index contributed by atoms with van der Waals surface area (Å²) in [6, 6.07) is 2.25. The molecule has 0 aromatic rings.